The van der Waals surface area contributed by atoms with Gasteiger partial charge in [-0.2, -0.15) is 0 Å². The molecule has 7 aromatic carbocycles. The lowest BCUT2D eigenvalue weighted by atomic mass is 10.0. The number of carbonyl (C=O) groups is 15. The smallest absolute Gasteiger partial charge is 0.317 e. The number of aliphatic carboxylic acids is 3. The first kappa shape index (κ1) is 119. The Morgan fingerprint density at radius 1 is 0.223 bits per heavy atom. The van der Waals surface area contributed by atoms with E-state index in [9.17, 15) is 39.3 Å². The molecule has 148 heavy (non-hydrogen) atoms. The van der Waals surface area contributed by atoms with E-state index in [-0.39, 0.29) is 131 Å². The Balaban J connectivity index is 1.11. The van der Waals surface area contributed by atoms with Crippen LogP contribution in [0.3, 0.4) is 0 Å². The number of carbonyl (C=O) groups excluding carboxylic acids is 12. The summed E-state index contributed by atoms with van der Waals surface area (Å²) in [5.41, 5.74) is 34.4. The van der Waals surface area contributed by atoms with Crippen LogP contribution >= 0.6 is 0 Å². The van der Waals surface area contributed by atoms with Crippen molar-refractivity contribution in [1.29, 1.82) is 0 Å². The van der Waals surface area contributed by atoms with Gasteiger partial charge >= 0.3 is 17.9 Å². The van der Waals surface area contributed by atoms with Crippen LogP contribution in [0.15, 0.2) is 212 Å². The number of nitrogens with zero attached hydrogens (tertiary/aromatic N) is 15. The van der Waals surface area contributed by atoms with Gasteiger partial charge in [-0.3, -0.25) is 91.5 Å². The first-order valence-electron chi connectivity index (χ1n) is 51.2. The van der Waals surface area contributed by atoms with Crippen molar-refractivity contribution in [2.75, 3.05) is 203 Å². The Morgan fingerprint density at radius 3 is 0.547 bits per heavy atom. The second kappa shape index (κ2) is 63.1. The van der Waals surface area contributed by atoms with Crippen LogP contribution in [0.2, 0.25) is 0 Å². The van der Waals surface area contributed by atoms with Gasteiger partial charge in [0.05, 0.1) is 101 Å². The zero-order valence-corrected chi connectivity index (χ0v) is 86.9. The van der Waals surface area contributed by atoms with E-state index in [1.165, 1.54) is 53.9 Å². The fourth-order valence-corrected chi connectivity index (χ4v) is 18.1. The van der Waals surface area contributed by atoms with Crippen LogP contribution in [0.25, 0.3) is 0 Å². The van der Waals surface area contributed by atoms with Crippen molar-refractivity contribution in [3.63, 3.8) is 0 Å². The van der Waals surface area contributed by atoms with Crippen molar-refractivity contribution in [1.82, 2.24) is 73.5 Å². The van der Waals surface area contributed by atoms with Crippen molar-refractivity contribution in [3.05, 3.63) is 251 Å². The molecule has 0 aliphatic carbocycles. The minimum Gasteiger partial charge on any atom is -0.480 e. The van der Waals surface area contributed by atoms with Crippen LogP contribution in [0, 0.1) is 0 Å². The average Bonchev–Trinajstić information content (AvgIpc) is 0.813. The van der Waals surface area contributed by atoms with E-state index in [0.717, 1.165) is 0 Å². The van der Waals surface area contributed by atoms with E-state index in [0.29, 0.717) is 77.5 Å². The number of amides is 12. The highest BCUT2D eigenvalue weighted by atomic mass is 16.4. The maximum atomic E-state index is 16.2. The van der Waals surface area contributed by atoms with Crippen molar-refractivity contribution in [3.8, 4) is 0 Å². The quantitative estimate of drug-likeness (QED) is 0.0193. The van der Waals surface area contributed by atoms with E-state index in [4.69, 9.17) is 28.7 Å². The van der Waals surface area contributed by atoms with Gasteiger partial charge in [0.1, 0.15) is 39.3 Å². The first-order chi connectivity index (χ1) is 71.0. The lowest BCUT2D eigenvalue weighted by Gasteiger charge is -2.38. The third kappa shape index (κ3) is 38.8. The SMILES string of the molecule is C[C@@H](c1ccccc1)N(CC(N)=O)C(=O)CN(CCCCN)C(=O)CN(C(=O)CN(C(=O)CN(CCCCN)C(=O)CN(C(=O)CN(C(=O)CN(CCCCN)C(=O)CN(C(=O)CN(C(=O)CN(CCCCN)C(=O)CN1CCN(CC(=O)O)CCN(CC(=O)O)CCN(CC(=O)O)CC1)[C@@H](C)c1ccccc1)[C@@H](C)c1ccccc1)[C@@H](C)c1ccccc1)[C@@H](C)c1ccccc1)[C@@H](C)c1ccccc1)[C@@H](C)c1ccccc1. The molecule has 0 spiro atoms. The monoisotopic (exact) mass is 2040 g/mol. The Kier molecular flexibility index (Phi) is 50.9. The molecule has 0 aromatic heterocycles. The zero-order valence-electron chi connectivity index (χ0n) is 86.9. The average molecular weight is 2040 g/mol. The second-order valence-electron chi connectivity index (χ2n) is 37.8. The molecule has 0 radical (unpaired) electrons. The zero-order chi connectivity index (χ0) is 108. The molecular weight excluding hydrogens is 1890 g/mol. The van der Waals surface area contributed by atoms with Crippen LogP contribution < -0.4 is 28.7 Å². The Morgan fingerprint density at radius 2 is 0.378 bits per heavy atom. The first-order valence-corrected chi connectivity index (χ1v) is 51.2. The molecule has 802 valence electrons. The standard InChI is InChI=1S/C110H154N20O18/c1-82(89-37-15-8-16-38-89)124(67-96(115)131)101(136)69-121(56-34-30-52-112)98(133)73-125(83(2)90-39-17-9-18-40-90)106(141)77-129(87(6)94-47-25-13-26-48-94)103(138)71-123(58-36-32-54-114)100(135)75-127(85(4)92-43-21-11-22-44-92)107(142)78-130(88(7)95-49-27-14-28-50-95)104(139)72-122(57-35-31-53-113)99(134)74-126(84(3)91-41-19-10-20-42-91)105(140)76-128(86(5)93-45-23-12-24-46-93)102(137)70-120(55-33-29-51-111)97(132)68-116-59-61-117(79-108(143)144)63-65-119(81-110(147)148)66-64-118(62-60-116)80-109(145)146/h8-28,37-50,82-88H,29-36,51-81,111-114H2,1-7H3,(H2,115,131)(H,143,144)(H,145,146)(H,147,148)/t82-,83-,84-,85-,86-,87-,88-/m0/s1. The van der Waals surface area contributed by atoms with E-state index >= 15 is 47.9 Å². The predicted octanol–water partition coefficient (Wildman–Crippen LogP) is 6.35. The highest BCUT2D eigenvalue weighted by Crippen LogP contribution is 2.31. The number of hydrogen-bond donors (Lipinski definition) is 8. The number of primary amides is 1. The molecule has 38 nitrogen and oxygen atoms in total. The molecule has 1 aliphatic rings. The van der Waals surface area contributed by atoms with Gasteiger partial charge < -0.3 is 97.9 Å². The van der Waals surface area contributed by atoms with Gasteiger partial charge in [-0.15, -0.1) is 0 Å². The molecule has 7 atom stereocenters. The molecule has 13 N–H and O–H groups in total. The summed E-state index contributed by atoms with van der Waals surface area (Å²) in [5, 5.41) is 29.8. The van der Waals surface area contributed by atoms with Crippen LogP contribution in [-0.4, -0.2) is 380 Å². The third-order valence-corrected chi connectivity index (χ3v) is 27.3. The summed E-state index contributed by atoms with van der Waals surface area (Å²) in [6.07, 6.45) is 3.02. The molecule has 12 amide bonds. The largest absolute Gasteiger partial charge is 0.480 e. The van der Waals surface area contributed by atoms with Gasteiger partial charge in [-0.1, -0.05) is 212 Å². The summed E-state index contributed by atoms with van der Waals surface area (Å²) < 4.78 is 0. The number of benzene rings is 7. The van der Waals surface area contributed by atoms with E-state index in [1.54, 1.807) is 262 Å². The lowest BCUT2D eigenvalue weighted by molar-refractivity contribution is -0.152. The maximum Gasteiger partial charge on any atom is 0.317 e. The van der Waals surface area contributed by atoms with Crippen LogP contribution in [0.5, 0.6) is 0 Å². The van der Waals surface area contributed by atoms with Crippen molar-refractivity contribution < 1.29 is 87.2 Å². The molecular formula is C110H154N20O18. The van der Waals surface area contributed by atoms with E-state index in [1.807, 2.05) is 18.2 Å². The van der Waals surface area contributed by atoms with E-state index in [2.05, 4.69) is 0 Å². The molecule has 0 bridgehead atoms. The third-order valence-electron chi connectivity index (χ3n) is 27.3. The highest BCUT2D eigenvalue weighted by Gasteiger charge is 2.40. The second-order valence-corrected chi connectivity index (χ2v) is 37.8. The van der Waals surface area contributed by atoms with Crippen molar-refractivity contribution in [2.24, 2.45) is 28.7 Å². The number of carboxylic acid groups (broad SMARTS) is 3. The molecule has 1 heterocycles. The fraction of sp³-hybridized carbons (Fsp3) is 0.482. The summed E-state index contributed by atoms with van der Waals surface area (Å²) in [4.78, 5) is 243. The van der Waals surface area contributed by atoms with Crippen molar-refractivity contribution in [2.45, 2.75) is 142 Å². The van der Waals surface area contributed by atoms with Crippen molar-refractivity contribution >= 4 is 88.8 Å². The summed E-state index contributed by atoms with van der Waals surface area (Å²) in [5.74, 6) is -11.4. The number of rotatable bonds is 60. The number of nitrogens with two attached hydrogens (primary N) is 5. The van der Waals surface area contributed by atoms with Gasteiger partial charge in [0.25, 0.3) is 0 Å². The minimum absolute atomic E-state index is 0.0365. The minimum atomic E-state index is -1.13. The number of hydrogen-bond acceptors (Lipinski definition) is 23. The molecule has 8 rings (SSSR count). The molecule has 1 saturated heterocycles. The Hall–Kier alpha value is -13.7. The summed E-state index contributed by atoms with van der Waals surface area (Å²) in [7, 11) is 0. The molecule has 0 unspecified atom stereocenters. The highest BCUT2D eigenvalue weighted by molar-refractivity contribution is 5.96. The van der Waals surface area contributed by atoms with Gasteiger partial charge in [0.2, 0.25) is 70.9 Å². The Labute approximate surface area is 869 Å². The van der Waals surface area contributed by atoms with Crippen LogP contribution in [-0.2, 0) is 71.9 Å². The summed E-state index contributed by atoms with van der Waals surface area (Å²) in [6.45, 7) is 5.92. The van der Waals surface area contributed by atoms with Crippen LogP contribution in [0.4, 0.5) is 0 Å². The van der Waals surface area contributed by atoms with Crippen LogP contribution in [0.1, 0.15) is 181 Å². The van der Waals surface area contributed by atoms with E-state index < -0.39 is 216 Å². The van der Waals surface area contributed by atoms with Gasteiger partial charge in [-0.25, -0.2) is 0 Å². The normalized spacial score (nSPS) is 14.2. The lowest BCUT2D eigenvalue weighted by Crippen LogP contribution is -2.54. The van der Waals surface area contributed by atoms with Gasteiger partial charge in [-0.05, 0) is 165 Å². The molecule has 1 aliphatic heterocycles. The maximum absolute atomic E-state index is 16.2. The molecule has 1 fully saturated rings. The molecule has 0 saturated carbocycles. The summed E-state index contributed by atoms with van der Waals surface area (Å²) in [6, 6.07) is 56.7. The molecule has 38 heteroatoms. The Bertz CT molecular complexity index is 5270. The predicted molar refractivity (Wildman–Crippen MR) is 563 cm³/mol. The topological polar surface area (TPSA) is 495 Å². The molecule has 7 aromatic rings. The fourth-order valence-electron chi connectivity index (χ4n) is 18.1. The summed E-state index contributed by atoms with van der Waals surface area (Å²) >= 11 is 0. The van der Waals surface area contributed by atoms with Gasteiger partial charge in [0, 0.05) is 78.5 Å². The number of unbranched alkanes of at least 4 members (excludes halogenated alkanes) is 4. The van der Waals surface area contributed by atoms with Gasteiger partial charge in [0.15, 0.2) is 0 Å². The number of carboxylic acids is 3.